The first-order valence-electron chi connectivity index (χ1n) is 5.46. The molecule has 1 fully saturated rings. The van der Waals surface area contributed by atoms with Crippen LogP contribution in [0.25, 0.3) is 0 Å². The molecule has 0 aliphatic heterocycles. The molecule has 0 heterocycles. The number of hydrogen-bond donors (Lipinski definition) is 1. The number of allylic oxidation sites excluding steroid dienone is 2. The van der Waals surface area contributed by atoms with E-state index in [1.165, 1.54) is 0 Å². The molecular formula is C12H16O3. The van der Waals surface area contributed by atoms with Crippen molar-refractivity contribution in [1.29, 1.82) is 0 Å². The summed E-state index contributed by atoms with van der Waals surface area (Å²) in [5, 5.41) is 9.25. The SMILES string of the molecule is O=COC1(C2C=CC(O)=CC2)CCCC1. The average Bonchev–Trinajstić information content (AvgIpc) is 2.69. The minimum Gasteiger partial charge on any atom is -0.508 e. The van der Waals surface area contributed by atoms with Crippen molar-refractivity contribution in [3.05, 3.63) is 24.0 Å². The molecule has 0 aromatic carbocycles. The summed E-state index contributed by atoms with van der Waals surface area (Å²) in [5.74, 6) is 0.534. The maximum atomic E-state index is 10.6. The Labute approximate surface area is 89.4 Å². The molecule has 0 bridgehead atoms. The van der Waals surface area contributed by atoms with Gasteiger partial charge >= 0.3 is 0 Å². The van der Waals surface area contributed by atoms with Crippen molar-refractivity contribution in [1.82, 2.24) is 0 Å². The first kappa shape index (κ1) is 10.3. The van der Waals surface area contributed by atoms with E-state index in [9.17, 15) is 9.90 Å². The minimum absolute atomic E-state index is 0.223. The maximum absolute atomic E-state index is 10.6. The highest BCUT2D eigenvalue weighted by Crippen LogP contribution is 2.42. The van der Waals surface area contributed by atoms with Crippen molar-refractivity contribution < 1.29 is 14.6 Å². The lowest BCUT2D eigenvalue weighted by atomic mass is 9.81. The Morgan fingerprint density at radius 1 is 1.47 bits per heavy atom. The summed E-state index contributed by atoms with van der Waals surface area (Å²) in [6.07, 6.45) is 10.3. The predicted molar refractivity (Wildman–Crippen MR) is 56.3 cm³/mol. The number of carbonyl (C=O) groups is 1. The molecule has 2 aliphatic rings. The fraction of sp³-hybridized carbons (Fsp3) is 0.583. The molecule has 2 rings (SSSR count). The topological polar surface area (TPSA) is 46.5 Å². The lowest BCUT2D eigenvalue weighted by Gasteiger charge is -2.34. The van der Waals surface area contributed by atoms with E-state index in [0.717, 1.165) is 32.1 Å². The van der Waals surface area contributed by atoms with E-state index in [4.69, 9.17) is 4.74 Å². The summed E-state index contributed by atoms with van der Waals surface area (Å²) < 4.78 is 5.32. The van der Waals surface area contributed by atoms with Crippen LogP contribution in [0.3, 0.4) is 0 Å². The first-order valence-corrected chi connectivity index (χ1v) is 5.46. The molecular weight excluding hydrogens is 192 g/mol. The van der Waals surface area contributed by atoms with Crippen LogP contribution in [0.1, 0.15) is 32.1 Å². The number of ether oxygens (including phenoxy) is 1. The van der Waals surface area contributed by atoms with Crippen molar-refractivity contribution in [2.75, 3.05) is 0 Å². The molecule has 82 valence electrons. The molecule has 15 heavy (non-hydrogen) atoms. The Hall–Kier alpha value is -1.25. The molecule has 0 aromatic rings. The van der Waals surface area contributed by atoms with Gasteiger partial charge in [0.1, 0.15) is 11.4 Å². The number of hydrogen-bond acceptors (Lipinski definition) is 3. The highest BCUT2D eigenvalue weighted by Gasteiger charge is 2.42. The van der Waals surface area contributed by atoms with Gasteiger partial charge in [0.05, 0.1) is 0 Å². The van der Waals surface area contributed by atoms with Crippen LogP contribution in [0.2, 0.25) is 0 Å². The van der Waals surface area contributed by atoms with Crippen LogP contribution in [0.4, 0.5) is 0 Å². The van der Waals surface area contributed by atoms with Crippen molar-refractivity contribution in [2.24, 2.45) is 5.92 Å². The summed E-state index contributed by atoms with van der Waals surface area (Å²) in [6, 6.07) is 0. The van der Waals surface area contributed by atoms with Gasteiger partial charge < -0.3 is 9.84 Å². The average molecular weight is 208 g/mol. The molecule has 3 heteroatoms. The van der Waals surface area contributed by atoms with Gasteiger partial charge in [-0.05, 0) is 44.3 Å². The van der Waals surface area contributed by atoms with Crippen LogP contribution >= 0.6 is 0 Å². The van der Waals surface area contributed by atoms with E-state index in [1.54, 1.807) is 12.2 Å². The van der Waals surface area contributed by atoms with Crippen molar-refractivity contribution in [3.8, 4) is 0 Å². The summed E-state index contributed by atoms with van der Waals surface area (Å²) in [4.78, 5) is 10.6. The molecule has 0 aromatic heterocycles. The molecule has 1 N–H and O–H groups in total. The molecule has 1 saturated carbocycles. The van der Waals surface area contributed by atoms with Gasteiger partial charge in [-0.25, -0.2) is 0 Å². The third-order valence-corrected chi connectivity index (χ3v) is 3.49. The monoisotopic (exact) mass is 208 g/mol. The van der Waals surface area contributed by atoms with Gasteiger partial charge in [0.25, 0.3) is 6.47 Å². The summed E-state index contributed by atoms with van der Waals surface area (Å²) in [6.45, 7) is 0.567. The largest absolute Gasteiger partial charge is 0.508 e. The standard InChI is InChI=1S/C12H16O3/c13-9-15-12(7-1-2-8-12)10-3-5-11(14)6-4-10/h3,5-6,9-10,14H,1-2,4,7-8H2. The number of aliphatic hydroxyl groups excluding tert-OH is 1. The Morgan fingerprint density at radius 2 is 2.20 bits per heavy atom. The third-order valence-electron chi connectivity index (χ3n) is 3.49. The van der Waals surface area contributed by atoms with E-state index >= 15 is 0 Å². The lowest BCUT2D eigenvalue weighted by Crippen LogP contribution is -2.37. The third kappa shape index (κ3) is 1.91. The quantitative estimate of drug-likeness (QED) is 0.725. The summed E-state index contributed by atoms with van der Waals surface area (Å²) in [7, 11) is 0. The van der Waals surface area contributed by atoms with Crippen LogP contribution in [-0.2, 0) is 9.53 Å². The highest BCUT2D eigenvalue weighted by atomic mass is 16.5. The molecule has 1 unspecified atom stereocenters. The normalized spacial score (nSPS) is 28.5. The van der Waals surface area contributed by atoms with Gasteiger partial charge in [-0.1, -0.05) is 6.08 Å². The Balaban J connectivity index is 2.12. The van der Waals surface area contributed by atoms with Crippen molar-refractivity contribution in [3.63, 3.8) is 0 Å². The Kier molecular flexibility index (Phi) is 2.80. The molecule has 2 aliphatic carbocycles. The Bertz CT molecular complexity index is 298. The Morgan fingerprint density at radius 3 is 2.73 bits per heavy atom. The minimum atomic E-state index is -0.310. The van der Waals surface area contributed by atoms with Crippen LogP contribution < -0.4 is 0 Å². The first-order chi connectivity index (χ1) is 7.27. The zero-order valence-electron chi connectivity index (χ0n) is 8.69. The highest BCUT2D eigenvalue weighted by molar-refractivity contribution is 5.39. The van der Waals surface area contributed by atoms with E-state index in [0.29, 0.717) is 12.2 Å². The summed E-state index contributed by atoms with van der Waals surface area (Å²) >= 11 is 0. The molecule has 0 spiro atoms. The maximum Gasteiger partial charge on any atom is 0.293 e. The second-order valence-corrected chi connectivity index (χ2v) is 4.32. The van der Waals surface area contributed by atoms with Crippen LogP contribution in [-0.4, -0.2) is 17.2 Å². The second kappa shape index (κ2) is 4.09. The number of aliphatic hydroxyl groups is 1. The van der Waals surface area contributed by atoms with Gasteiger partial charge in [0.15, 0.2) is 0 Å². The fourth-order valence-electron chi connectivity index (χ4n) is 2.64. The lowest BCUT2D eigenvalue weighted by molar-refractivity contribution is -0.147. The fourth-order valence-corrected chi connectivity index (χ4v) is 2.64. The molecule has 3 nitrogen and oxygen atoms in total. The van der Waals surface area contributed by atoms with Gasteiger partial charge in [-0.2, -0.15) is 0 Å². The van der Waals surface area contributed by atoms with E-state index in [-0.39, 0.29) is 11.5 Å². The molecule has 0 saturated heterocycles. The van der Waals surface area contributed by atoms with Crippen molar-refractivity contribution >= 4 is 6.47 Å². The predicted octanol–water partition coefficient (Wildman–Crippen LogP) is 2.49. The number of rotatable bonds is 3. The smallest absolute Gasteiger partial charge is 0.293 e. The van der Waals surface area contributed by atoms with Gasteiger partial charge in [0, 0.05) is 5.92 Å². The molecule has 1 atom stereocenters. The second-order valence-electron chi connectivity index (χ2n) is 4.32. The zero-order valence-corrected chi connectivity index (χ0v) is 8.69. The van der Waals surface area contributed by atoms with Crippen molar-refractivity contribution in [2.45, 2.75) is 37.7 Å². The number of carbonyl (C=O) groups excluding carboxylic acids is 1. The van der Waals surface area contributed by atoms with Gasteiger partial charge in [0.2, 0.25) is 0 Å². The molecule has 0 radical (unpaired) electrons. The zero-order chi connectivity index (χ0) is 10.7. The van der Waals surface area contributed by atoms with Crippen LogP contribution in [0, 0.1) is 5.92 Å². The molecule has 0 amide bonds. The van der Waals surface area contributed by atoms with Gasteiger partial charge in [-0.15, -0.1) is 0 Å². The summed E-state index contributed by atoms with van der Waals surface area (Å²) in [5.41, 5.74) is -0.310. The van der Waals surface area contributed by atoms with E-state index < -0.39 is 0 Å². The van der Waals surface area contributed by atoms with Crippen LogP contribution in [0.15, 0.2) is 24.0 Å². The van der Waals surface area contributed by atoms with Crippen LogP contribution in [0.5, 0.6) is 0 Å². The van der Waals surface area contributed by atoms with Gasteiger partial charge in [-0.3, -0.25) is 4.79 Å². The van der Waals surface area contributed by atoms with E-state index in [2.05, 4.69) is 0 Å². The van der Waals surface area contributed by atoms with E-state index in [1.807, 2.05) is 6.08 Å².